The number of nitrogens with zero attached hydrogens (tertiary/aromatic N) is 1. The molecular weight excluding hydrogens is 536 g/mol. The number of alkyl carbamates (subject to hydrolysis) is 1. The maximum Gasteiger partial charge on any atom is 0.409 e. The summed E-state index contributed by atoms with van der Waals surface area (Å²) in [6, 6.07) is 22.2. The van der Waals surface area contributed by atoms with Crippen LogP contribution in [0.1, 0.15) is 54.6 Å². The second-order valence-corrected chi connectivity index (χ2v) is 11.7. The number of piperidine rings is 1. The standard InChI is InChI=1S/C33H36N2O7/c1-33(2,3)42-31(38)34-29-18-35(16-15-22(29)19-40-23-10-8-9-21(17-23)30(36)37)32(39)41-20-28-26-13-6-4-11-24(26)25-12-5-7-14-27(25)28/h4-14,17,22,28-29H,15-16,18-20H2,1-3H3,(H,34,38)(H,36,37). The van der Waals surface area contributed by atoms with Crippen LogP contribution in [0.4, 0.5) is 9.59 Å². The van der Waals surface area contributed by atoms with Gasteiger partial charge in [-0.15, -0.1) is 0 Å². The first-order valence-corrected chi connectivity index (χ1v) is 14.1. The number of likely N-dealkylation sites (tertiary alicyclic amines) is 1. The van der Waals surface area contributed by atoms with Gasteiger partial charge in [-0.1, -0.05) is 54.6 Å². The first kappa shape index (κ1) is 29.0. The molecule has 0 saturated carbocycles. The van der Waals surface area contributed by atoms with Gasteiger partial charge in [-0.25, -0.2) is 14.4 Å². The number of aromatic carboxylic acids is 1. The Bertz CT molecular complexity index is 1420. The van der Waals surface area contributed by atoms with Crippen molar-refractivity contribution in [1.82, 2.24) is 10.2 Å². The SMILES string of the molecule is CC(C)(C)OC(=O)NC1CN(C(=O)OCC2c3ccccc3-c3ccccc32)CCC1COc1cccc(C(=O)O)c1. The van der Waals surface area contributed by atoms with E-state index in [2.05, 4.69) is 29.6 Å². The summed E-state index contributed by atoms with van der Waals surface area (Å²) in [5.74, 6) is -0.820. The van der Waals surface area contributed by atoms with Crippen molar-refractivity contribution in [3.63, 3.8) is 0 Å². The lowest BCUT2D eigenvalue weighted by atomic mass is 9.92. The number of carboxylic acids is 1. The van der Waals surface area contributed by atoms with Crippen LogP contribution in [-0.2, 0) is 9.47 Å². The molecule has 220 valence electrons. The van der Waals surface area contributed by atoms with Gasteiger partial charge >= 0.3 is 18.2 Å². The van der Waals surface area contributed by atoms with E-state index in [0.717, 1.165) is 22.3 Å². The van der Waals surface area contributed by atoms with Crippen LogP contribution in [0.5, 0.6) is 5.75 Å². The number of nitrogens with one attached hydrogen (secondary N) is 1. The van der Waals surface area contributed by atoms with Crippen LogP contribution in [0.2, 0.25) is 0 Å². The Labute approximate surface area is 245 Å². The third kappa shape index (κ3) is 6.67. The van der Waals surface area contributed by atoms with E-state index < -0.39 is 29.8 Å². The molecule has 1 saturated heterocycles. The number of fused-ring (bicyclic) bond motifs is 3. The maximum atomic E-state index is 13.3. The van der Waals surface area contributed by atoms with E-state index in [0.29, 0.717) is 18.7 Å². The molecule has 0 aromatic heterocycles. The van der Waals surface area contributed by atoms with E-state index >= 15 is 0 Å². The number of hydrogen-bond donors (Lipinski definition) is 2. The van der Waals surface area contributed by atoms with Gasteiger partial charge in [-0.05, 0) is 67.6 Å². The fourth-order valence-electron chi connectivity index (χ4n) is 5.60. The van der Waals surface area contributed by atoms with Crippen molar-refractivity contribution < 1.29 is 33.7 Å². The van der Waals surface area contributed by atoms with Gasteiger partial charge in [0.05, 0.1) is 18.2 Å². The van der Waals surface area contributed by atoms with E-state index in [1.54, 1.807) is 37.8 Å². The number of amides is 2. The number of benzene rings is 3. The van der Waals surface area contributed by atoms with Gasteiger partial charge in [0.1, 0.15) is 18.0 Å². The highest BCUT2D eigenvalue weighted by atomic mass is 16.6. The molecule has 5 rings (SSSR count). The molecule has 2 N–H and O–H groups in total. The van der Waals surface area contributed by atoms with E-state index in [1.165, 1.54) is 12.1 Å². The molecule has 3 aromatic carbocycles. The maximum absolute atomic E-state index is 13.3. The minimum absolute atomic E-state index is 0.0514. The molecule has 0 radical (unpaired) electrons. The van der Waals surface area contributed by atoms with E-state index in [9.17, 15) is 19.5 Å². The molecule has 0 bridgehead atoms. The number of hydrogen-bond acceptors (Lipinski definition) is 6. The summed E-state index contributed by atoms with van der Waals surface area (Å²) in [5, 5.41) is 12.2. The smallest absolute Gasteiger partial charge is 0.409 e. The molecule has 3 aromatic rings. The Hall–Kier alpha value is -4.53. The summed E-state index contributed by atoms with van der Waals surface area (Å²) in [6.07, 6.45) is -0.482. The van der Waals surface area contributed by atoms with Gasteiger partial charge in [0.25, 0.3) is 0 Å². The van der Waals surface area contributed by atoms with Crippen molar-refractivity contribution in [2.45, 2.75) is 44.8 Å². The van der Waals surface area contributed by atoms with E-state index in [4.69, 9.17) is 14.2 Å². The predicted molar refractivity (Wildman–Crippen MR) is 157 cm³/mol. The summed E-state index contributed by atoms with van der Waals surface area (Å²) in [6.45, 7) is 6.43. The van der Waals surface area contributed by atoms with Crippen molar-refractivity contribution >= 4 is 18.2 Å². The van der Waals surface area contributed by atoms with Crippen molar-refractivity contribution in [3.05, 3.63) is 89.5 Å². The molecule has 2 unspecified atom stereocenters. The Morgan fingerprint density at radius 3 is 2.24 bits per heavy atom. The second-order valence-electron chi connectivity index (χ2n) is 11.7. The minimum atomic E-state index is -1.04. The topological polar surface area (TPSA) is 114 Å². The van der Waals surface area contributed by atoms with Gasteiger partial charge in [0.2, 0.25) is 0 Å². The van der Waals surface area contributed by atoms with Crippen LogP contribution >= 0.6 is 0 Å². The predicted octanol–water partition coefficient (Wildman–Crippen LogP) is 5.93. The number of ether oxygens (including phenoxy) is 3. The zero-order chi connectivity index (χ0) is 29.9. The molecule has 1 heterocycles. The van der Waals surface area contributed by atoms with Crippen LogP contribution in [-0.4, -0.2) is 66.1 Å². The molecule has 1 aliphatic heterocycles. The van der Waals surface area contributed by atoms with E-state index in [1.807, 2.05) is 24.3 Å². The first-order valence-electron chi connectivity index (χ1n) is 14.1. The highest BCUT2D eigenvalue weighted by Crippen LogP contribution is 2.44. The average molecular weight is 573 g/mol. The number of carbonyl (C=O) groups excluding carboxylic acids is 2. The Morgan fingerprint density at radius 1 is 0.929 bits per heavy atom. The lowest BCUT2D eigenvalue weighted by Crippen LogP contribution is -2.56. The fourth-order valence-corrected chi connectivity index (χ4v) is 5.60. The zero-order valence-corrected chi connectivity index (χ0v) is 24.0. The highest BCUT2D eigenvalue weighted by Gasteiger charge is 2.36. The first-order chi connectivity index (χ1) is 20.1. The zero-order valence-electron chi connectivity index (χ0n) is 24.0. The summed E-state index contributed by atoms with van der Waals surface area (Å²) in [5.41, 5.74) is 4.03. The molecule has 2 amide bonds. The average Bonchev–Trinajstić information content (AvgIpc) is 3.28. The lowest BCUT2D eigenvalue weighted by Gasteiger charge is -2.38. The highest BCUT2D eigenvalue weighted by molar-refractivity contribution is 5.88. The van der Waals surface area contributed by atoms with Crippen molar-refractivity contribution in [1.29, 1.82) is 0 Å². The Kier molecular flexibility index (Phi) is 8.38. The van der Waals surface area contributed by atoms with Gasteiger partial charge < -0.3 is 29.5 Å². The third-order valence-electron chi connectivity index (χ3n) is 7.60. The third-order valence-corrected chi connectivity index (χ3v) is 7.60. The molecule has 1 fully saturated rings. The van der Waals surface area contributed by atoms with Gasteiger partial charge in [-0.3, -0.25) is 0 Å². The Morgan fingerprint density at radius 2 is 1.60 bits per heavy atom. The van der Waals surface area contributed by atoms with Crippen LogP contribution in [0.25, 0.3) is 11.1 Å². The van der Waals surface area contributed by atoms with Gasteiger partial charge in [0, 0.05) is 24.9 Å². The number of rotatable bonds is 7. The molecule has 2 aliphatic rings. The molecular formula is C33H36N2O7. The summed E-state index contributed by atoms with van der Waals surface area (Å²) >= 11 is 0. The van der Waals surface area contributed by atoms with Crippen molar-refractivity contribution in [2.75, 3.05) is 26.3 Å². The van der Waals surface area contributed by atoms with E-state index in [-0.39, 0.29) is 37.2 Å². The summed E-state index contributed by atoms with van der Waals surface area (Å²) < 4.78 is 17.3. The number of carbonyl (C=O) groups is 3. The molecule has 42 heavy (non-hydrogen) atoms. The molecule has 9 nitrogen and oxygen atoms in total. The number of carboxylic acid groups (broad SMARTS) is 1. The quantitative estimate of drug-likeness (QED) is 0.361. The van der Waals surface area contributed by atoms with Crippen LogP contribution in [0.3, 0.4) is 0 Å². The largest absolute Gasteiger partial charge is 0.493 e. The molecule has 2 atom stereocenters. The van der Waals surface area contributed by atoms with Crippen LogP contribution in [0, 0.1) is 5.92 Å². The Balaban J connectivity index is 1.25. The van der Waals surface area contributed by atoms with Crippen molar-refractivity contribution in [2.24, 2.45) is 5.92 Å². The molecule has 0 spiro atoms. The van der Waals surface area contributed by atoms with Crippen LogP contribution < -0.4 is 10.1 Å². The minimum Gasteiger partial charge on any atom is -0.493 e. The lowest BCUT2D eigenvalue weighted by molar-refractivity contribution is 0.0357. The van der Waals surface area contributed by atoms with Gasteiger partial charge in [0.15, 0.2) is 0 Å². The summed E-state index contributed by atoms with van der Waals surface area (Å²) in [4.78, 5) is 38.9. The van der Waals surface area contributed by atoms with Gasteiger partial charge in [-0.2, -0.15) is 0 Å². The fraction of sp³-hybridized carbons (Fsp3) is 0.364. The summed E-state index contributed by atoms with van der Waals surface area (Å²) in [7, 11) is 0. The molecule has 9 heteroatoms. The van der Waals surface area contributed by atoms with Crippen molar-refractivity contribution in [3.8, 4) is 16.9 Å². The van der Waals surface area contributed by atoms with Crippen LogP contribution in [0.15, 0.2) is 72.8 Å². The molecule has 1 aliphatic carbocycles. The second kappa shape index (κ2) is 12.1. The monoisotopic (exact) mass is 572 g/mol. The normalized spacial score (nSPS) is 18.0.